The van der Waals surface area contributed by atoms with Crippen molar-refractivity contribution in [1.29, 1.82) is 0 Å². The maximum absolute atomic E-state index is 10.9. The largest absolute Gasteiger partial charge is 0.399 e. The van der Waals surface area contributed by atoms with Crippen LogP contribution in [0.3, 0.4) is 0 Å². The topological polar surface area (TPSA) is 72.4 Å². The van der Waals surface area contributed by atoms with Crippen LogP contribution in [0.2, 0.25) is 0 Å². The second kappa shape index (κ2) is 3.76. The number of nitrogens with two attached hydrogens (primary N) is 1. The smallest absolute Gasteiger partial charge is 0.294 e. The Morgan fingerprint density at radius 2 is 2.00 bits per heavy atom. The van der Waals surface area contributed by atoms with Gasteiger partial charge in [-0.05, 0) is 25.0 Å². The molecule has 1 aliphatic rings. The van der Waals surface area contributed by atoms with E-state index in [1.807, 2.05) is 4.90 Å². The molecule has 0 aliphatic carbocycles. The number of nitrogen functional groups attached to an aromatic ring is 1. The molecule has 0 saturated carbocycles. The Hall–Kier alpha value is -1.78. The predicted octanol–water partition coefficient (Wildman–Crippen LogP) is 1.78. The maximum atomic E-state index is 10.9. The minimum absolute atomic E-state index is 0.108. The van der Waals surface area contributed by atoms with Gasteiger partial charge in [0.05, 0.1) is 4.92 Å². The van der Waals surface area contributed by atoms with E-state index in [0.29, 0.717) is 11.4 Å². The van der Waals surface area contributed by atoms with Crippen LogP contribution in [0.5, 0.6) is 0 Å². The fraction of sp³-hybridized carbons (Fsp3) is 0.400. The van der Waals surface area contributed by atoms with Crippen molar-refractivity contribution in [2.75, 3.05) is 23.7 Å². The van der Waals surface area contributed by atoms with Crippen molar-refractivity contribution in [1.82, 2.24) is 0 Å². The summed E-state index contributed by atoms with van der Waals surface area (Å²) in [6.07, 6.45) is 2.20. The van der Waals surface area contributed by atoms with Crippen molar-refractivity contribution in [2.24, 2.45) is 0 Å². The van der Waals surface area contributed by atoms with Gasteiger partial charge in [-0.1, -0.05) is 0 Å². The van der Waals surface area contributed by atoms with Crippen LogP contribution in [0.25, 0.3) is 0 Å². The number of hydrogen-bond acceptors (Lipinski definition) is 4. The van der Waals surface area contributed by atoms with Crippen molar-refractivity contribution < 1.29 is 4.92 Å². The summed E-state index contributed by atoms with van der Waals surface area (Å²) < 4.78 is 0. The molecule has 2 N–H and O–H groups in total. The minimum Gasteiger partial charge on any atom is -0.399 e. The number of benzene rings is 1. The molecule has 1 heterocycles. The van der Waals surface area contributed by atoms with Gasteiger partial charge in [-0.15, -0.1) is 0 Å². The molecule has 1 aromatic rings. The van der Waals surface area contributed by atoms with Crippen molar-refractivity contribution in [2.45, 2.75) is 12.8 Å². The molecule has 1 fully saturated rings. The summed E-state index contributed by atoms with van der Waals surface area (Å²) >= 11 is 0. The molecule has 1 aromatic carbocycles. The van der Waals surface area contributed by atoms with Crippen LogP contribution in [0.15, 0.2) is 18.2 Å². The molecule has 5 heteroatoms. The lowest BCUT2D eigenvalue weighted by molar-refractivity contribution is -0.384. The number of rotatable bonds is 2. The molecule has 15 heavy (non-hydrogen) atoms. The normalized spacial score (nSPS) is 15.6. The van der Waals surface area contributed by atoms with Gasteiger partial charge in [0.15, 0.2) is 0 Å². The van der Waals surface area contributed by atoms with Gasteiger partial charge in [-0.3, -0.25) is 10.1 Å². The number of hydrogen-bond donors (Lipinski definition) is 1. The Morgan fingerprint density at radius 3 is 2.60 bits per heavy atom. The van der Waals surface area contributed by atoms with Crippen molar-refractivity contribution in [3.63, 3.8) is 0 Å². The highest BCUT2D eigenvalue weighted by Gasteiger charge is 2.21. The van der Waals surface area contributed by atoms with Crippen LogP contribution in [0.1, 0.15) is 12.8 Å². The van der Waals surface area contributed by atoms with E-state index in [0.717, 1.165) is 25.9 Å². The third-order valence-electron chi connectivity index (χ3n) is 2.64. The van der Waals surface area contributed by atoms with Crippen LogP contribution < -0.4 is 10.6 Å². The van der Waals surface area contributed by atoms with Gasteiger partial charge >= 0.3 is 0 Å². The lowest BCUT2D eigenvalue weighted by Crippen LogP contribution is -2.18. The second-order valence-electron chi connectivity index (χ2n) is 3.70. The lowest BCUT2D eigenvalue weighted by atomic mass is 10.2. The second-order valence-corrected chi connectivity index (χ2v) is 3.70. The average molecular weight is 207 g/mol. The zero-order valence-electron chi connectivity index (χ0n) is 8.35. The molecular weight excluding hydrogens is 194 g/mol. The highest BCUT2D eigenvalue weighted by Crippen LogP contribution is 2.32. The monoisotopic (exact) mass is 207 g/mol. The zero-order chi connectivity index (χ0) is 10.8. The van der Waals surface area contributed by atoms with Crippen LogP contribution in [-0.4, -0.2) is 18.0 Å². The first-order valence-corrected chi connectivity index (χ1v) is 4.97. The molecule has 0 bridgehead atoms. The summed E-state index contributed by atoms with van der Waals surface area (Å²) in [4.78, 5) is 12.5. The summed E-state index contributed by atoms with van der Waals surface area (Å²) in [5.74, 6) is 0. The van der Waals surface area contributed by atoms with Crippen LogP contribution in [-0.2, 0) is 0 Å². The molecule has 5 nitrogen and oxygen atoms in total. The van der Waals surface area contributed by atoms with E-state index in [-0.39, 0.29) is 10.6 Å². The van der Waals surface area contributed by atoms with Gasteiger partial charge in [0.2, 0.25) is 0 Å². The highest BCUT2D eigenvalue weighted by molar-refractivity contribution is 5.68. The van der Waals surface area contributed by atoms with Gasteiger partial charge < -0.3 is 10.6 Å². The summed E-state index contributed by atoms with van der Waals surface area (Å²) in [5.41, 5.74) is 6.77. The first-order valence-electron chi connectivity index (χ1n) is 4.97. The van der Waals surface area contributed by atoms with E-state index in [2.05, 4.69) is 0 Å². The zero-order valence-corrected chi connectivity index (χ0v) is 8.35. The third kappa shape index (κ3) is 1.86. The molecule has 0 aromatic heterocycles. The molecule has 0 atom stereocenters. The minimum atomic E-state index is -0.371. The van der Waals surface area contributed by atoms with Crippen molar-refractivity contribution >= 4 is 17.1 Å². The Balaban J connectivity index is 2.40. The Morgan fingerprint density at radius 1 is 1.33 bits per heavy atom. The van der Waals surface area contributed by atoms with Gasteiger partial charge in [-0.25, -0.2) is 0 Å². The fourth-order valence-electron chi connectivity index (χ4n) is 1.91. The highest BCUT2D eigenvalue weighted by atomic mass is 16.6. The van der Waals surface area contributed by atoms with Crippen LogP contribution in [0.4, 0.5) is 17.1 Å². The lowest BCUT2D eigenvalue weighted by Gasteiger charge is -2.17. The first kappa shape index (κ1) is 9.76. The molecule has 0 unspecified atom stereocenters. The number of nitro benzene ring substituents is 1. The summed E-state index contributed by atoms with van der Waals surface area (Å²) in [6.45, 7) is 1.79. The van der Waals surface area contributed by atoms with Gasteiger partial charge in [0.1, 0.15) is 5.69 Å². The Bertz CT molecular complexity index is 386. The van der Waals surface area contributed by atoms with E-state index < -0.39 is 0 Å². The van der Waals surface area contributed by atoms with E-state index in [1.54, 1.807) is 12.1 Å². The van der Waals surface area contributed by atoms with E-state index in [4.69, 9.17) is 5.73 Å². The Kier molecular flexibility index (Phi) is 2.45. The average Bonchev–Trinajstić information content (AvgIpc) is 2.70. The summed E-state index contributed by atoms with van der Waals surface area (Å²) in [5, 5.41) is 10.9. The van der Waals surface area contributed by atoms with Gasteiger partial charge in [0.25, 0.3) is 5.69 Å². The van der Waals surface area contributed by atoms with E-state index in [9.17, 15) is 10.1 Å². The summed E-state index contributed by atoms with van der Waals surface area (Å²) in [6, 6.07) is 4.87. The van der Waals surface area contributed by atoms with Gasteiger partial charge in [0, 0.05) is 24.8 Å². The van der Waals surface area contributed by atoms with E-state index >= 15 is 0 Å². The molecular formula is C10H13N3O2. The Labute approximate surface area is 87.6 Å². The maximum Gasteiger partial charge on any atom is 0.294 e. The fourth-order valence-corrected chi connectivity index (χ4v) is 1.91. The molecule has 0 radical (unpaired) electrons. The number of nitrogens with zero attached hydrogens (tertiary/aromatic N) is 2. The number of nitro groups is 1. The molecule has 1 aliphatic heterocycles. The van der Waals surface area contributed by atoms with Crippen molar-refractivity contribution in [3.05, 3.63) is 28.3 Å². The summed E-state index contributed by atoms with van der Waals surface area (Å²) in [7, 11) is 0. The quantitative estimate of drug-likeness (QED) is 0.455. The predicted molar refractivity (Wildman–Crippen MR) is 59.0 cm³/mol. The van der Waals surface area contributed by atoms with Crippen molar-refractivity contribution in [3.8, 4) is 0 Å². The number of anilines is 2. The van der Waals surface area contributed by atoms with Crippen LogP contribution in [0, 0.1) is 10.1 Å². The van der Waals surface area contributed by atoms with Crippen LogP contribution >= 0.6 is 0 Å². The standard InChI is InChI=1S/C10H13N3O2/c11-8-3-4-9(10(7-8)13(14)15)12-5-1-2-6-12/h3-4,7H,1-2,5-6,11H2. The molecule has 1 saturated heterocycles. The third-order valence-corrected chi connectivity index (χ3v) is 2.64. The molecule has 0 spiro atoms. The SMILES string of the molecule is Nc1ccc(N2CCCC2)c([N+](=O)[O-])c1. The van der Waals surface area contributed by atoms with E-state index in [1.165, 1.54) is 6.07 Å². The van der Waals surface area contributed by atoms with Gasteiger partial charge in [-0.2, -0.15) is 0 Å². The molecule has 2 rings (SSSR count). The molecule has 80 valence electrons. The molecule has 0 amide bonds. The first-order chi connectivity index (χ1) is 7.18.